The predicted octanol–water partition coefficient (Wildman–Crippen LogP) is 6.82. The molecule has 9 nitrogen and oxygen atoms in total. The Morgan fingerprint density at radius 1 is 1.03 bits per heavy atom. The van der Waals surface area contributed by atoms with E-state index in [1.165, 1.54) is 18.2 Å². The number of azo groups is 1. The lowest BCUT2D eigenvalue weighted by atomic mass is 10.0. The maximum atomic E-state index is 13.1. The number of phenols is 1. The first-order valence-electron chi connectivity index (χ1n) is 11.1. The number of carbonyl (C=O) groups is 1. The molecular formula is C26H22ClN3O6S. The SMILES string of the molecule is CCOc1cccc(NC(=O)c2cc3ccccc3c(N=Nc3c(C)ccc(Cl)c3S(=O)(=O)O)c2O)c1. The normalized spacial score (nSPS) is 11.7. The van der Waals surface area contributed by atoms with E-state index >= 15 is 0 Å². The second kappa shape index (κ2) is 10.6. The molecule has 4 aromatic carbocycles. The van der Waals surface area contributed by atoms with Gasteiger partial charge < -0.3 is 15.2 Å². The Bertz CT molecular complexity index is 1650. The highest BCUT2D eigenvalue weighted by Gasteiger charge is 2.23. The molecule has 0 unspecified atom stereocenters. The summed E-state index contributed by atoms with van der Waals surface area (Å²) in [5, 5.41) is 22.7. The van der Waals surface area contributed by atoms with Gasteiger partial charge >= 0.3 is 0 Å². The van der Waals surface area contributed by atoms with Crippen LogP contribution >= 0.6 is 11.6 Å². The van der Waals surface area contributed by atoms with Crippen LogP contribution in [0.15, 0.2) is 81.9 Å². The van der Waals surface area contributed by atoms with E-state index in [0.29, 0.717) is 34.4 Å². The van der Waals surface area contributed by atoms with E-state index in [1.54, 1.807) is 55.5 Å². The first kappa shape index (κ1) is 26.1. The Balaban J connectivity index is 1.82. The molecular weight excluding hydrogens is 518 g/mol. The molecule has 0 bridgehead atoms. The average molecular weight is 540 g/mol. The first-order valence-corrected chi connectivity index (χ1v) is 12.9. The number of aryl methyl sites for hydroxylation is 1. The highest BCUT2D eigenvalue weighted by molar-refractivity contribution is 7.86. The number of benzene rings is 4. The maximum Gasteiger partial charge on any atom is 0.298 e. The maximum absolute atomic E-state index is 13.1. The molecule has 0 heterocycles. The van der Waals surface area contributed by atoms with Crippen LogP contribution in [0.3, 0.4) is 0 Å². The summed E-state index contributed by atoms with van der Waals surface area (Å²) in [4.78, 5) is 12.5. The predicted molar refractivity (Wildman–Crippen MR) is 141 cm³/mol. The molecule has 4 aromatic rings. The zero-order chi connectivity index (χ0) is 26.7. The zero-order valence-electron chi connectivity index (χ0n) is 19.8. The fraction of sp³-hybridized carbons (Fsp3) is 0.115. The zero-order valence-corrected chi connectivity index (χ0v) is 21.3. The lowest BCUT2D eigenvalue weighted by Gasteiger charge is -2.12. The number of hydrogen-bond donors (Lipinski definition) is 3. The summed E-state index contributed by atoms with van der Waals surface area (Å²) in [6, 6.07) is 18.0. The molecule has 0 aromatic heterocycles. The third-order valence-electron chi connectivity index (χ3n) is 5.44. The Labute approximate surface area is 218 Å². The van der Waals surface area contributed by atoms with E-state index < -0.39 is 26.7 Å². The van der Waals surface area contributed by atoms with Gasteiger partial charge in [-0.1, -0.05) is 48.0 Å². The van der Waals surface area contributed by atoms with Crippen molar-refractivity contribution in [3.63, 3.8) is 0 Å². The van der Waals surface area contributed by atoms with Crippen LogP contribution in [-0.4, -0.2) is 30.6 Å². The monoisotopic (exact) mass is 539 g/mol. The van der Waals surface area contributed by atoms with Crippen LogP contribution in [0.4, 0.5) is 17.1 Å². The number of fused-ring (bicyclic) bond motifs is 1. The minimum absolute atomic E-state index is 0.0630. The van der Waals surface area contributed by atoms with Crippen molar-refractivity contribution in [3.8, 4) is 11.5 Å². The summed E-state index contributed by atoms with van der Waals surface area (Å²) in [5.41, 5.74) is 0.493. The van der Waals surface area contributed by atoms with Gasteiger partial charge in [0, 0.05) is 17.1 Å². The highest BCUT2D eigenvalue weighted by Crippen LogP contribution is 2.41. The molecule has 0 atom stereocenters. The molecule has 0 aliphatic rings. The number of nitrogens with zero attached hydrogens (tertiary/aromatic N) is 2. The largest absolute Gasteiger partial charge is 0.505 e. The molecule has 1 amide bonds. The smallest absolute Gasteiger partial charge is 0.298 e. The van der Waals surface area contributed by atoms with Crippen molar-refractivity contribution in [1.82, 2.24) is 0 Å². The van der Waals surface area contributed by atoms with Gasteiger partial charge in [0.05, 0.1) is 17.2 Å². The molecule has 0 saturated carbocycles. The van der Waals surface area contributed by atoms with E-state index in [1.807, 2.05) is 6.92 Å². The van der Waals surface area contributed by atoms with Crippen LogP contribution in [0, 0.1) is 6.92 Å². The summed E-state index contributed by atoms with van der Waals surface area (Å²) in [7, 11) is -4.73. The molecule has 0 aliphatic carbocycles. The highest BCUT2D eigenvalue weighted by atomic mass is 35.5. The number of anilines is 1. The Morgan fingerprint density at radius 2 is 1.76 bits per heavy atom. The van der Waals surface area contributed by atoms with Crippen LogP contribution in [0.2, 0.25) is 5.02 Å². The Hall–Kier alpha value is -3.99. The average Bonchev–Trinajstić information content (AvgIpc) is 2.84. The number of rotatable bonds is 7. The number of ether oxygens (including phenoxy) is 1. The molecule has 3 N–H and O–H groups in total. The number of aromatic hydroxyl groups is 1. The van der Waals surface area contributed by atoms with Gasteiger partial charge in [0.1, 0.15) is 22.0 Å². The number of phenolic OH excluding ortho intramolecular Hbond substituents is 1. The van der Waals surface area contributed by atoms with Crippen LogP contribution in [0.25, 0.3) is 10.8 Å². The van der Waals surface area contributed by atoms with Gasteiger partial charge in [-0.15, -0.1) is 10.2 Å². The van der Waals surface area contributed by atoms with E-state index in [-0.39, 0.29) is 22.0 Å². The summed E-state index contributed by atoms with van der Waals surface area (Å²) in [5.74, 6) is -0.496. The molecule has 190 valence electrons. The van der Waals surface area contributed by atoms with Crippen molar-refractivity contribution in [1.29, 1.82) is 0 Å². The third kappa shape index (κ3) is 5.56. The van der Waals surface area contributed by atoms with Crippen molar-refractivity contribution in [2.45, 2.75) is 18.7 Å². The second-order valence-corrected chi connectivity index (χ2v) is 9.74. The van der Waals surface area contributed by atoms with Gasteiger partial charge in [-0.05, 0) is 49.1 Å². The van der Waals surface area contributed by atoms with E-state index in [9.17, 15) is 22.9 Å². The van der Waals surface area contributed by atoms with E-state index in [0.717, 1.165) is 0 Å². The van der Waals surface area contributed by atoms with Gasteiger partial charge in [-0.3, -0.25) is 9.35 Å². The Morgan fingerprint density at radius 3 is 2.49 bits per heavy atom. The molecule has 0 spiro atoms. The lowest BCUT2D eigenvalue weighted by molar-refractivity contribution is 0.102. The number of nitrogens with one attached hydrogen (secondary N) is 1. The molecule has 11 heteroatoms. The number of halogens is 1. The quantitative estimate of drug-likeness (QED) is 0.174. The van der Waals surface area contributed by atoms with Gasteiger partial charge in [-0.25, -0.2) is 0 Å². The standard InChI is InChI=1S/C26H22ClN3O6S/c1-3-36-18-9-6-8-17(14-18)28-26(32)20-13-16-7-4-5-10-19(16)23(24(20)31)30-29-22-15(2)11-12-21(27)25(22)37(33,34)35/h4-14,31H,3H2,1-2H3,(H,28,32)(H,33,34,35). The minimum Gasteiger partial charge on any atom is -0.505 e. The minimum atomic E-state index is -4.73. The van der Waals surface area contributed by atoms with Crippen LogP contribution < -0.4 is 10.1 Å². The first-order chi connectivity index (χ1) is 17.6. The summed E-state index contributed by atoms with van der Waals surface area (Å²) < 4.78 is 39.1. The van der Waals surface area contributed by atoms with Gasteiger partial charge in [0.2, 0.25) is 0 Å². The molecule has 0 radical (unpaired) electrons. The van der Waals surface area contributed by atoms with Crippen LogP contribution in [-0.2, 0) is 10.1 Å². The number of hydrogen-bond acceptors (Lipinski definition) is 7. The van der Waals surface area contributed by atoms with Crippen molar-refractivity contribution in [2.75, 3.05) is 11.9 Å². The lowest BCUT2D eigenvalue weighted by Crippen LogP contribution is -2.12. The van der Waals surface area contributed by atoms with Crippen molar-refractivity contribution >= 4 is 55.5 Å². The number of amides is 1. The Kier molecular flexibility index (Phi) is 7.44. The number of carbonyl (C=O) groups excluding carboxylic acids is 1. The second-order valence-electron chi connectivity index (χ2n) is 7.97. The molecule has 37 heavy (non-hydrogen) atoms. The fourth-order valence-corrected chi connectivity index (χ4v) is 4.94. The van der Waals surface area contributed by atoms with Crippen molar-refractivity contribution < 1.29 is 27.6 Å². The van der Waals surface area contributed by atoms with Gasteiger partial charge in [0.15, 0.2) is 5.75 Å². The topological polar surface area (TPSA) is 138 Å². The third-order valence-corrected chi connectivity index (χ3v) is 6.79. The van der Waals surface area contributed by atoms with E-state index in [4.69, 9.17) is 16.3 Å². The van der Waals surface area contributed by atoms with Crippen molar-refractivity contribution in [2.24, 2.45) is 10.2 Å². The molecule has 4 rings (SSSR count). The summed E-state index contributed by atoms with van der Waals surface area (Å²) >= 11 is 6.02. The van der Waals surface area contributed by atoms with E-state index in [2.05, 4.69) is 15.5 Å². The summed E-state index contributed by atoms with van der Waals surface area (Å²) in [6.45, 7) is 3.87. The fourth-order valence-electron chi connectivity index (χ4n) is 3.74. The van der Waals surface area contributed by atoms with Gasteiger partial charge in [0.25, 0.3) is 16.0 Å². The molecule has 0 saturated heterocycles. The van der Waals surface area contributed by atoms with Crippen LogP contribution in [0.1, 0.15) is 22.8 Å². The van der Waals surface area contributed by atoms with Gasteiger partial charge in [-0.2, -0.15) is 8.42 Å². The molecule has 0 aliphatic heterocycles. The summed E-state index contributed by atoms with van der Waals surface area (Å²) in [6.07, 6.45) is 0. The molecule has 0 fully saturated rings. The van der Waals surface area contributed by atoms with Crippen molar-refractivity contribution in [3.05, 3.63) is 82.9 Å². The van der Waals surface area contributed by atoms with Crippen LogP contribution in [0.5, 0.6) is 11.5 Å².